The highest BCUT2D eigenvalue weighted by atomic mass is 32.2. The maximum Gasteiger partial charge on any atom is 0.294 e. The van der Waals surface area contributed by atoms with Crippen LogP contribution in [-0.4, -0.2) is 13.0 Å². The summed E-state index contributed by atoms with van der Waals surface area (Å²) in [5.74, 6) is 0. The van der Waals surface area contributed by atoms with E-state index in [-0.39, 0.29) is 4.21 Å². The normalized spacial score (nSPS) is 13.2. The molecule has 104 valence electrons. The minimum Gasteiger partial charge on any atom is -0.316 e. The fourth-order valence-corrected chi connectivity index (χ4v) is 5.22. The number of aryl methyl sites for hydroxylation is 1. The number of benzene rings is 1. The lowest BCUT2D eigenvalue weighted by atomic mass is 10.3. The fraction of sp³-hybridized carbons (Fsp3) is 0.154. The van der Waals surface area contributed by atoms with Gasteiger partial charge in [0.2, 0.25) is 4.80 Å². The molecule has 0 aliphatic rings. The van der Waals surface area contributed by atoms with Gasteiger partial charge >= 0.3 is 0 Å². The Morgan fingerprint density at radius 2 is 2.00 bits per heavy atom. The zero-order valence-corrected chi connectivity index (χ0v) is 13.1. The van der Waals surface area contributed by atoms with E-state index in [0.717, 1.165) is 10.2 Å². The molecule has 0 atom stereocenters. The predicted molar refractivity (Wildman–Crippen MR) is 82.6 cm³/mol. The average molecular weight is 324 g/mol. The molecule has 3 rings (SSSR count). The Labute approximate surface area is 124 Å². The standard InChI is InChI=1S/C13H12N2O2S3/c1-2-15-10-6-3-4-7-11(10)19-13(15)14-20(16,17)12-8-5-9-18-12/h3-9H,2H2,1H3/b14-13-. The van der Waals surface area contributed by atoms with Gasteiger partial charge in [0.1, 0.15) is 4.21 Å². The third-order valence-corrected chi connectivity index (χ3v) is 6.67. The van der Waals surface area contributed by atoms with E-state index in [2.05, 4.69) is 4.40 Å². The van der Waals surface area contributed by atoms with Gasteiger partial charge in [-0.2, -0.15) is 8.42 Å². The molecule has 0 unspecified atom stereocenters. The zero-order valence-electron chi connectivity index (χ0n) is 10.7. The Morgan fingerprint density at radius 3 is 2.70 bits per heavy atom. The van der Waals surface area contributed by atoms with Gasteiger partial charge in [0.25, 0.3) is 10.0 Å². The number of hydrogen-bond acceptors (Lipinski definition) is 4. The van der Waals surface area contributed by atoms with Gasteiger partial charge in [0.05, 0.1) is 10.2 Å². The summed E-state index contributed by atoms with van der Waals surface area (Å²) >= 11 is 2.58. The largest absolute Gasteiger partial charge is 0.316 e. The molecule has 2 heterocycles. The van der Waals surface area contributed by atoms with E-state index < -0.39 is 10.0 Å². The van der Waals surface area contributed by atoms with Crippen LogP contribution in [0.1, 0.15) is 6.92 Å². The lowest BCUT2D eigenvalue weighted by Crippen LogP contribution is -2.15. The summed E-state index contributed by atoms with van der Waals surface area (Å²) in [7, 11) is -3.62. The highest BCUT2D eigenvalue weighted by Gasteiger charge is 2.15. The van der Waals surface area contributed by atoms with Crippen LogP contribution in [0.5, 0.6) is 0 Å². The van der Waals surface area contributed by atoms with Crippen molar-refractivity contribution in [3.8, 4) is 0 Å². The monoisotopic (exact) mass is 324 g/mol. The first-order chi connectivity index (χ1) is 9.62. The third kappa shape index (κ3) is 2.32. The summed E-state index contributed by atoms with van der Waals surface area (Å²) in [6, 6.07) is 11.1. The van der Waals surface area contributed by atoms with E-state index in [4.69, 9.17) is 0 Å². The molecule has 0 aliphatic carbocycles. The van der Waals surface area contributed by atoms with Crippen LogP contribution in [0.25, 0.3) is 10.2 Å². The number of thiazole rings is 1. The Balaban J connectivity index is 2.27. The number of hydrogen-bond donors (Lipinski definition) is 0. The Hall–Kier alpha value is -1.44. The average Bonchev–Trinajstić information content (AvgIpc) is 3.05. The summed E-state index contributed by atoms with van der Waals surface area (Å²) in [6.07, 6.45) is 0. The van der Waals surface area contributed by atoms with Crippen LogP contribution in [0.2, 0.25) is 0 Å². The van der Waals surface area contributed by atoms with Crippen molar-refractivity contribution >= 4 is 42.9 Å². The van der Waals surface area contributed by atoms with Crippen LogP contribution < -0.4 is 4.80 Å². The number of thiophene rings is 1. The first-order valence-electron chi connectivity index (χ1n) is 6.04. The maximum absolute atomic E-state index is 12.2. The van der Waals surface area contributed by atoms with Crippen molar-refractivity contribution in [2.45, 2.75) is 17.7 Å². The van der Waals surface area contributed by atoms with Gasteiger partial charge < -0.3 is 4.57 Å². The molecule has 0 saturated heterocycles. The summed E-state index contributed by atoms with van der Waals surface area (Å²) in [6.45, 7) is 2.67. The molecule has 7 heteroatoms. The third-order valence-electron chi connectivity index (χ3n) is 2.85. The SMILES string of the molecule is CCn1/c(=N/S(=O)(=O)c2cccs2)sc2ccccc21. The van der Waals surface area contributed by atoms with E-state index in [9.17, 15) is 8.42 Å². The molecule has 0 fully saturated rings. The number of sulfonamides is 1. The van der Waals surface area contributed by atoms with Crippen molar-refractivity contribution in [1.29, 1.82) is 0 Å². The minimum atomic E-state index is -3.62. The van der Waals surface area contributed by atoms with E-state index in [1.54, 1.807) is 17.5 Å². The lowest BCUT2D eigenvalue weighted by molar-refractivity contribution is 0.597. The molecule has 3 aromatic rings. The first kappa shape index (κ1) is 13.5. The van der Waals surface area contributed by atoms with Crippen molar-refractivity contribution in [3.63, 3.8) is 0 Å². The Kier molecular flexibility index (Phi) is 3.49. The summed E-state index contributed by atoms with van der Waals surface area (Å²) < 4.78 is 31.7. The number of rotatable bonds is 3. The van der Waals surface area contributed by atoms with E-state index in [1.807, 2.05) is 35.8 Å². The van der Waals surface area contributed by atoms with Gasteiger partial charge in [-0.1, -0.05) is 29.5 Å². The quantitative estimate of drug-likeness (QED) is 0.743. The van der Waals surface area contributed by atoms with Crippen LogP contribution in [-0.2, 0) is 16.6 Å². The van der Waals surface area contributed by atoms with Crippen molar-refractivity contribution in [1.82, 2.24) is 4.57 Å². The minimum absolute atomic E-state index is 0.276. The van der Waals surface area contributed by atoms with Crippen molar-refractivity contribution < 1.29 is 8.42 Å². The summed E-state index contributed by atoms with van der Waals surface area (Å²) in [5, 5.41) is 1.74. The van der Waals surface area contributed by atoms with Gasteiger partial charge in [-0.3, -0.25) is 0 Å². The second kappa shape index (κ2) is 5.16. The molecule has 0 bridgehead atoms. The molecule has 4 nitrogen and oxygen atoms in total. The first-order valence-corrected chi connectivity index (χ1v) is 9.18. The van der Waals surface area contributed by atoms with Crippen LogP contribution >= 0.6 is 22.7 Å². The van der Waals surface area contributed by atoms with Gasteiger partial charge in [-0.15, -0.1) is 15.7 Å². The molecule has 2 aromatic heterocycles. The summed E-state index contributed by atoms with van der Waals surface area (Å²) in [4.78, 5) is 0.516. The van der Waals surface area contributed by atoms with Crippen molar-refractivity contribution in [3.05, 3.63) is 46.6 Å². The smallest absolute Gasteiger partial charge is 0.294 e. The zero-order chi connectivity index (χ0) is 14.2. The highest BCUT2D eigenvalue weighted by Crippen LogP contribution is 2.20. The molecule has 20 heavy (non-hydrogen) atoms. The molecule has 0 spiro atoms. The van der Waals surface area contributed by atoms with Crippen molar-refractivity contribution in [2.24, 2.45) is 4.40 Å². The molecule has 0 radical (unpaired) electrons. The fourth-order valence-electron chi connectivity index (χ4n) is 1.95. The molecular weight excluding hydrogens is 312 g/mol. The molecule has 0 aliphatic heterocycles. The van der Waals surface area contributed by atoms with Crippen LogP contribution in [0.4, 0.5) is 0 Å². The van der Waals surface area contributed by atoms with Gasteiger partial charge in [0.15, 0.2) is 0 Å². The maximum atomic E-state index is 12.2. The predicted octanol–water partition coefficient (Wildman–Crippen LogP) is 3.07. The van der Waals surface area contributed by atoms with E-state index in [0.29, 0.717) is 11.3 Å². The van der Waals surface area contributed by atoms with Crippen LogP contribution in [0.3, 0.4) is 0 Å². The lowest BCUT2D eigenvalue weighted by Gasteiger charge is -1.99. The van der Waals surface area contributed by atoms with Crippen molar-refractivity contribution in [2.75, 3.05) is 0 Å². The number of para-hydroxylation sites is 1. The molecule has 0 amide bonds. The molecular formula is C13H12N2O2S3. The van der Waals surface area contributed by atoms with E-state index >= 15 is 0 Å². The number of nitrogens with zero attached hydrogens (tertiary/aromatic N) is 2. The van der Waals surface area contributed by atoms with E-state index in [1.165, 1.54) is 22.7 Å². The van der Waals surface area contributed by atoms with Gasteiger partial charge in [0, 0.05) is 6.54 Å². The van der Waals surface area contributed by atoms with Crippen LogP contribution in [0.15, 0.2) is 50.4 Å². The van der Waals surface area contributed by atoms with Gasteiger partial charge in [-0.05, 0) is 30.5 Å². The second-order valence-electron chi connectivity index (χ2n) is 4.10. The highest BCUT2D eigenvalue weighted by molar-refractivity contribution is 7.92. The molecule has 0 saturated carbocycles. The Morgan fingerprint density at radius 1 is 1.20 bits per heavy atom. The van der Waals surface area contributed by atoms with Crippen LogP contribution in [0, 0.1) is 0 Å². The molecule has 1 aromatic carbocycles. The molecule has 0 N–H and O–H groups in total. The number of fused-ring (bicyclic) bond motifs is 1. The summed E-state index contributed by atoms with van der Waals surface area (Å²) in [5.41, 5.74) is 1.01. The van der Waals surface area contributed by atoms with Gasteiger partial charge in [-0.25, -0.2) is 0 Å². The second-order valence-corrected chi connectivity index (χ2v) is 7.88. The Bertz CT molecular complexity index is 903. The number of aromatic nitrogens is 1. The topological polar surface area (TPSA) is 51.4 Å².